The van der Waals surface area contributed by atoms with Gasteiger partial charge in [-0.05, 0) is 35.9 Å². The molecule has 1 aliphatic heterocycles. The summed E-state index contributed by atoms with van der Waals surface area (Å²) in [6.07, 6.45) is -0.826. The average molecular weight is 512 g/mol. The highest BCUT2D eigenvalue weighted by Gasteiger charge is 2.31. The summed E-state index contributed by atoms with van der Waals surface area (Å²) in [6.45, 7) is 1.69. The quantitative estimate of drug-likeness (QED) is 0.332. The maximum absolute atomic E-state index is 12.7. The van der Waals surface area contributed by atoms with E-state index in [4.69, 9.17) is 13.9 Å². The van der Waals surface area contributed by atoms with E-state index >= 15 is 0 Å². The SMILES string of the molecule is CN(C)S(=O)(=O)N1CCOc2ccc([C@@H](O)CNCCOc3ccc4c(c3)oc3ccccc34)cc21. The molecular weight excluding hydrogens is 482 g/mol. The van der Waals surface area contributed by atoms with E-state index in [1.807, 2.05) is 42.5 Å². The van der Waals surface area contributed by atoms with Crippen LogP contribution >= 0.6 is 0 Å². The number of hydrogen-bond acceptors (Lipinski definition) is 7. The molecule has 0 spiro atoms. The number of ether oxygens (including phenoxy) is 2. The Bertz CT molecular complexity index is 1480. The molecule has 1 atom stereocenters. The molecule has 9 nitrogen and oxygen atoms in total. The van der Waals surface area contributed by atoms with Gasteiger partial charge in [0.25, 0.3) is 0 Å². The molecule has 0 unspecified atom stereocenters. The molecule has 1 aliphatic rings. The Morgan fingerprint density at radius 3 is 2.72 bits per heavy atom. The highest BCUT2D eigenvalue weighted by Crippen LogP contribution is 2.36. The number of fused-ring (bicyclic) bond motifs is 4. The van der Waals surface area contributed by atoms with Crippen molar-refractivity contribution in [2.75, 3.05) is 51.2 Å². The molecule has 2 heterocycles. The van der Waals surface area contributed by atoms with E-state index in [0.29, 0.717) is 35.9 Å². The van der Waals surface area contributed by atoms with Crippen LogP contribution in [0.2, 0.25) is 0 Å². The van der Waals surface area contributed by atoms with Crippen molar-refractivity contribution < 1.29 is 27.4 Å². The lowest BCUT2D eigenvalue weighted by Crippen LogP contribution is -2.44. The first-order valence-corrected chi connectivity index (χ1v) is 13.1. The molecule has 190 valence electrons. The lowest BCUT2D eigenvalue weighted by atomic mass is 10.1. The molecule has 4 aromatic rings. The zero-order valence-corrected chi connectivity index (χ0v) is 21.0. The van der Waals surface area contributed by atoms with Gasteiger partial charge in [-0.15, -0.1) is 0 Å². The van der Waals surface area contributed by atoms with Gasteiger partial charge in [0.2, 0.25) is 0 Å². The van der Waals surface area contributed by atoms with Crippen molar-refractivity contribution in [2.45, 2.75) is 6.10 Å². The molecular formula is C26H29N3O6S. The summed E-state index contributed by atoms with van der Waals surface area (Å²) in [4.78, 5) is 0. The molecule has 10 heteroatoms. The molecule has 1 aromatic heterocycles. The van der Waals surface area contributed by atoms with E-state index in [1.54, 1.807) is 18.2 Å². The van der Waals surface area contributed by atoms with Crippen LogP contribution in [0.3, 0.4) is 0 Å². The molecule has 5 rings (SSSR count). The van der Waals surface area contributed by atoms with Gasteiger partial charge in [0.15, 0.2) is 0 Å². The van der Waals surface area contributed by atoms with Crippen molar-refractivity contribution in [1.29, 1.82) is 0 Å². The number of rotatable bonds is 9. The van der Waals surface area contributed by atoms with Crippen LogP contribution in [0.15, 0.2) is 65.1 Å². The van der Waals surface area contributed by atoms with Crippen molar-refractivity contribution in [1.82, 2.24) is 9.62 Å². The summed E-state index contributed by atoms with van der Waals surface area (Å²) in [5.41, 5.74) is 2.65. The Labute approximate surface area is 210 Å². The molecule has 36 heavy (non-hydrogen) atoms. The van der Waals surface area contributed by atoms with Gasteiger partial charge in [0.1, 0.15) is 35.9 Å². The first-order chi connectivity index (χ1) is 17.3. The normalized spacial score (nSPS) is 14.7. The van der Waals surface area contributed by atoms with E-state index in [0.717, 1.165) is 21.9 Å². The van der Waals surface area contributed by atoms with Crippen molar-refractivity contribution in [3.63, 3.8) is 0 Å². The molecule has 0 bridgehead atoms. The molecule has 0 fully saturated rings. The largest absolute Gasteiger partial charge is 0.492 e. The van der Waals surface area contributed by atoms with Crippen LogP contribution in [0.5, 0.6) is 11.5 Å². The van der Waals surface area contributed by atoms with Crippen LogP contribution in [0, 0.1) is 0 Å². The molecule has 0 saturated heterocycles. The Kier molecular flexibility index (Phi) is 6.76. The standard InChI is InChI=1S/C26H29N3O6S/c1-28(2)36(31,32)29-12-14-34-25-10-7-18(15-22(25)29)23(30)17-27-11-13-33-19-8-9-21-20-5-3-4-6-24(20)35-26(21)16-19/h3-10,15-16,23,27,30H,11-14,17H2,1-2H3/t23-/m0/s1. The predicted octanol–water partition coefficient (Wildman–Crippen LogP) is 3.29. The Balaban J connectivity index is 1.17. The van der Waals surface area contributed by atoms with Gasteiger partial charge in [-0.3, -0.25) is 4.31 Å². The number of aliphatic hydroxyl groups excluding tert-OH is 1. The van der Waals surface area contributed by atoms with Crippen molar-refractivity contribution in [3.8, 4) is 11.5 Å². The second kappa shape index (κ2) is 9.98. The first-order valence-electron chi connectivity index (χ1n) is 11.7. The van der Waals surface area contributed by atoms with Crippen LogP contribution in [-0.2, 0) is 10.2 Å². The zero-order chi connectivity index (χ0) is 25.3. The number of nitrogens with one attached hydrogen (secondary N) is 1. The van der Waals surface area contributed by atoms with Gasteiger partial charge in [-0.1, -0.05) is 24.3 Å². The molecule has 0 radical (unpaired) electrons. The highest BCUT2D eigenvalue weighted by molar-refractivity contribution is 7.90. The van der Waals surface area contributed by atoms with E-state index in [2.05, 4.69) is 5.32 Å². The van der Waals surface area contributed by atoms with Gasteiger partial charge < -0.3 is 24.3 Å². The third-order valence-electron chi connectivity index (χ3n) is 6.16. The highest BCUT2D eigenvalue weighted by atomic mass is 32.2. The number of para-hydroxylation sites is 1. The van der Waals surface area contributed by atoms with Gasteiger partial charge >= 0.3 is 10.2 Å². The third kappa shape index (κ3) is 4.72. The van der Waals surface area contributed by atoms with Crippen LogP contribution in [0.25, 0.3) is 21.9 Å². The predicted molar refractivity (Wildman–Crippen MR) is 139 cm³/mol. The minimum Gasteiger partial charge on any atom is -0.492 e. The number of nitrogens with zero attached hydrogens (tertiary/aromatic N) is 2. The number of hydrogen-bond donors (Lipinski definition) is 2. The number of aliphatic hydroxyl groups is 1. The topological polar surface area (TPSA) is 104 Å². The second-order valence-corrected chi connectivity index (χ2v) is 10.8. The van der Waals surface area contributed by atoms with Gasteiger partial charge in [-0.25, -0.2) is 0 Å². The fourth-order valence-corrected chi connectivity index (χ4v) is 5.34. The molecule has 0 amide bonds. The minimum atomic E-state index is -3.66. The Morgan fingerprint density at radius 1 is 1.08 bits per heavy atom. The van der Waals surface area contributed by atoms with Crippen molar-refractivity contribution >= 4 is 37.8 Å². The number of anilines is 1. The van der Waals surface area contributed by atoms with Crippen LogP contribution in [0.4, 0.5) is 5.69 Å². The molecule has 0 saturated carbocycles. The summed E-state index contributed by atoms with van der Waals surface area (Å²) in [5.74, 6) is 1.19. The van der Waals surface area contributed by atoms with Crippen LogP contribution in [0.1, 0.15) is 11.7 Å². The van der Waals surface area contributed by atoms with Crippen LogP contribution < -0.4 is 19.1 Å². The molecule has 3 aromatic carbocycles. The van der Waals surface area contributed by atoms with E-state index < -0.39 is 16.3 Å². The van der Waals surface area contributed by atoms with E-state index in [1.165, 1.54) is 22.7 Å². The van der Waals surface area contributed by atoms with Crippen molar-refractivity contribution in [3.05, 3.63) is 66.2 Å². The number of benzene rings is 3. The van der Waals surface area contributed by atoms with Gasteiger partial charge in [0.05, 0.1) is 18.3 Å². The minimum absolute atomic E-state index is 0.211. The summed E-state index contributed by atoms with van der Waals surface area (Å²) in [7, 11) is -0.682. The summed E-state index contributed by atoms with van der Waals surface area (Å²) in [6, 6.07) is 18.8. The lowest BCUT2D eigenvalue weighted by molar-refractivity contribution is 0.172. The van der Waals surface area contributed by atoms with Gasteiger partial charge in [-0.2, -0.15) is 12.7 Å². The average Bonchev–Trinajstić information content (AvgIpc) is 3.25. The third-order valence-corrected chi connectivity index (χ3v) is 8.02. The monoisotopic (exact) mass is 511 g/mol. The van der Waals surface area contributed by atoms with Gasteiger partial charge in [0, 0.05) is 44.0 Å². The fraction of sp³-hybridized carbons (Fsp3) is 0.308. The first kappa shape index (κ1) is 24.4. The fourth-order valence-electron chi connectivity index (χ4n) is 4.25. The summed E-state index contributed by atoms with van der Waals surface area (Å²) in [5, 5.41) is 16.0. The van der Waals surface area contributed by atoms with E-state index in [-0.39, 0.29) is 19.7 Å². The number of furan rings is 1. The van der Waals surface area contributed by atoms with Crippen LogP contribution in [-0.4, -0.2) is 64.8 Å². The molecule has 2 N–H and O–H groups in total. The smallest absolute Gasteiger partial charge is 0.303 e. The molecule has 0 aliphatic carbocycles. The maximum Gasteiger partial charge on any atom is 0.303 e. The van der Waals surface area contributed by atoms with Crippen molar-refractivity contribution in [2.24, 2.45) is 0 Å². The summed E-state index contributed by atoms with van der Waals surface area (Å²) >= 11 is 0. The summed E-state index contributed by atoms with van der Waals surface area (Å²) < 4.78 is 45.3. The zero-order valence-electron chi connectivity index (χ0n) is 20.2. The van der Waals surface area contributed by atoms with E-state index in [9.17, 15) is 13.5 Å². The lowest BCUT2D eigenvalue weighted by Gasteiger charge is -2.32. The maximum atomic E-state index is 12.7. The second-order valence-electron chi connectivity index (χ2n) is 8.76. The Morgan fingerprint density at radius 2 is 1.89 bits per heavy atom. The Hall–Kier alpha value is -3.31.